The van der Waals surface area contributed by atoms with E-state index in [4.69, 9.17) is 0 Å². The molecule has 1 aromatic carbocycles. The van der Waals surface area contributed by atoms with Crippen molar-refractivity contribution in [3.8, 4) is 0 Å². The lowest BCUT2D eigenvalue weighted by Crippen LogP contribution is -2.41. The molecule has 0 unspecified atom stereocenters. The number of hydrogen-bond acceptors (Lipinski definition) is 5. The van der Waals surface area contributed by atoms with Gasteiger partial charge >= 0.3 is 6.03 Å². The highest BCUT2D eigenvalue weighted by molar-refractivity contribution is 7.18. The third-order valence-corrected chi connectivity index (χ3v) is 6.25. The minimum Gasteiger partial charge on any atom is -0.334 e. The van der Waals surface area contributed by atoms with Crippen LogP contribution in [0.1, 0.15) is 35.3 Å². The number of aryl methyl sites for hydroxylation is 2. The summed E-state index contributed by atoms with van der Waals surface area (Å²) in [4.78, 5) is 43.5. The first-order chi connectivity index (χ1) is 14.1. The number of carbonyl (C=O) groups excluding carboxylic acids is 2. The molecule has 2 heterocycles. The molecule has 3 amide bonds. The Kier molecular flexibility index (Phi) is 5.71. The first kappa shape index (κ1) is 19.3. The standard InChI is InChI=1S/C21H22N4O3S/c26-17(24-21(28)22-11-14-7-3-1-4-8-14)12-25-13-23-19-18(20(25)27)15-9-5-2-6-10-16(15)29-19/h1,3-4,7-8,13H,2,5-6,9-12H2,(H2,22,24,26,28). The Hall–Kier alpha value is -3.00. The molecular weight excluding hydrogens is 388 g/mol. The lowest BCUT2D eigenvalue weighted by molar-refractivity contribution is -0.120. The molecule has 2 N–H and O–H groups in total. The van der Waals surface area contributed by atoms with Crippen molar-refractivity contribution in [3.05, 3.63) is 63.0 Å². The molecule has 0 bridgehead atoms. The maximum atomic E-state index is 13.0. The number of fused-ring (bicyclic) bond motifs is 3. The van der Waals surface area contributed by atoms with Gasteiger partial charge in [-0.2, -0.15) is 0 Å². The lowest BCUT2D eigenvalue weighted by Gasteiger charge is -2.08. The van der Waals surface area contributed by atoms with E-state index in [1.807, 2.05) is 30.3 Å². The summed E-state index contributed by atoms with van der Waals surface area (Å²) in [5.41, 5.74) is 1.81. The van der Waals surface area contributed by atoms with Crippen LogP contribution in [-0.2, 0) is 30.7 Å². The van der Waals surface area contributed by atoms with Gasteiger partial charge < -0.3 is 5.32 Å². The highest BCUT2D eigenvalue weighted by Gasteiger charge is 2.20. The molecule has 8 heteroatoms. The van der Waals surface area contributed by atoms with E-state index in [2.05, 4.69) is 15.6 Å². The summed E-state index contributed by atoms with van der Waals surface area (Å²) in [5, 5.41) is 5.53. The molecular formula is C21H22N4O3S. The first-order valence-corrected chi connectivity index (χ1v) is 10.5. The van der Waals surface area contributed by atoms with E-state index >= 15 is 0 Å². The Bertz CT molecular complexity index is 1100. The number of rotatable bonds is 4. The van der Waals surface area contributed by atoms with Crippen LogP contribution in [0.4, 0.5) is 4.79 Å². The molecule has 0 fully saturated rings. The Morgan fingerprint density at radius 2 is 1.90 bits per heavy atom. The number of benzene rings is 1. The fraction of sp³-hybridized carbons (Fsp3) is 0.333. The van der Waals surface area contributed by atoms with Gasteiger partial charge in [0.2, 0.25) is 5.91 Å². The molecule has 4 rings (SSSR count). The van der Waals surface area contributed by atoms with Gasteiger partial charge in [-0.15, -0.1) is 11.3 Å². The summed E-state index contributed by atoms with van der Waals surface area (Å²) in [6, 6.07) is 8.81. The molecule has 1 aliphatic carbocycles. The summed E-state index contributed by atoms with van der Waals surface area (Å²) in [6.45, 7) is 0.0691. The summed E-state index contributed by atoms with van der Waals surface area (Å²) in [7, 11) is 0. The summed E-state index contributed by atoms with van der Waals surface area (Å²) < 4.78 is 1.28. The van der Waals surface area contributed by atoms with Gasteiger partial charge in [0.1, 0.15) is 11.4 Å². The van der Waals surface area contributed by atoms with Crippen LogP contribution in [0.15, 0.2) is 41.5 Å². The van der Waals surface area contributed by atoms with Crippen LogP contribution in [0.25, 0.3) is 10.2 Å². The normalized spacial score (nSPS) is 13.5. The quantitative estimate of drug-likeness (QED) is 0.647. The summed E-state index contributed by atoms with van der Waals surface area (Å²) in [5.74, 6) is -0.555. The smallest absolute Gasteiger partial charge is 0.321 e. The summed E-state index contributed by atoms with van der Waals surface area (Å²) in [6.07, 6.45) is 6.62. The molecule has 29 heavy (non-hydrogen) atoms. The molecule has 0 saturated carbocycles. The van der Waals surface area contributed by atoms with Crippen molar-refractivity contribution in [3.63, 3.8) is 0 Å². The second-order valence-corrected chi connectivity index (χ2v) is 8.22. The van der Waals surface area contributed by atoms with E-state index in [0.29, 0.717) is 11.9 Å². The minimum atomic E-state index is -0.592. The van der Waals surface area contributed by atoms with E-state index < -0.39 is 11.9 Å². The van der Waals surface area contributed by atoms with Gasteiger partial charge in [-0.25, -0.2) is 9.78 Å². The zero-order chi connectivity index (χ0) is 20.2. The zero-order valence-electron chi connectivity index (χ0n) is 15.9. The molecule has 2 aromatic heterocycles. The SMILES string of the molecule is O=C(Cn1cnc2sc3c(c2c1=O)CCCCC3)NC(=O)NCc1ccccc1. The minimum absolute atomic E-state index is 0.214. The van der Waals surface area contributed by atoms with E-state index in [1.165, 1.54) is 15.8 Å². The van der Waals surface area contributed by atoms with Gasteiger partial charge in [-0.3, -0.25) is 19.5 Å². The van der Waals surface area contributed by atoms with Crippen LogP contribution < -0.4 is 16.2 Å². The first-order valence-electron chi connectivity index (χ1n) is 9.73. The molecule has 3 aromatic rings. The monoisotopic (exact) mass is 410 g/mol. The third kappa shape index (κ3) is 4.37. The van der Waals surface area contributed by atoms with Crippen LogP contribution in [0.3, 0.4) is 0 Å². The average molecular weight is 410 g/mol. The van der Waals surface area contributed by atoms with E-state index in [1.54, 1.807) is 11.3 Å². The molecule has 0 spiro atoms. The van der Waals surface area contributed by atoms with Gasteiger partial charge in [0.15, 0.2) is 0 Å². The Morgan fingerprint density at radius 1 is 1.10 bits per heavy atom. The Morgan fingerprint density at radius 3 is 2.72 bits per heavy atom. The molecule has 0 atom stereocenters. The van der Waals surface area contributed by atoms with Crippen LogP contribution >= 0.6 is 11.3 Å². The lowest BCUT2D eigenvalue weighted by atomic mass is 10.1. The maximum absolute atomic E-state index is 13.0. The molecule has 1 aliphatic rings. The zero-order valence-corrected chi connectivity index (χ0v) is 16.8. The third-order valence-electron chi connectivity index (χ3n) is 5.05. The second kappa shape index (κ2) is 8.57. The van der Waals surface area contributed by atoms with E-state index in [-0.39, 0.29) is 12.1 Å². The van der Waals surface area contributed by atoms with Crippen LogP contribution in [0.5, 0.6) is 0 Å². The number of thiophene rings is 1. The molecule has 0 saturated heterocycles. The Labute approximate surface area is 171 Å². The molecule has 7 nitrogen and oxygen atoms in total. The number of hydrogen-bond donors (Lipinski definition) is 2. The van der Waals surface area contributed by atoms with E-state index in [0.717, 1.165) is 48.1 Å². The van der Waals surface area contributed by atoms with Crippen LogP contribution in [-0.4, -0.2) is 21.5 Å². The van der Waals surface area contributed by atoms with Crippen molar-refractivity contribution < 1.29 is 9.59 Å². The molecule has 0 radical (unpaired) electrons. The topological polar surface area (TPSA) is 93.1 Å². The average Bonchev–Trinajstić information content (AvgIpc) is 2.91. The van der Waals surface area contributed by atoms with Crippen molar-refractivity contribution in [2.75, 3.05) is 0 Å². The highest BCUT2D eigenvalue weighted by Crippen LogP contribution is 2.32. The second-order valence-electron chi connectivity index (χ2n) is 7.14. The number of urea groups is 1. The summed E-state index contributed by atoms with van der Waals surface area (Å²) >= 11 is 1.58. The number of nitrogens with one attached hydrogen (secondary N) is 2. The number of carbonyl (C=O) groups is 2. The fourth-order valence-corrected chi connectivity index (χ4v) is 4.83. The van der Waals surface area contributed by atoms with Gasteiger partial charge in [0, 0.05) is 11.4 Å². The van der Waals surface area contributed by atoms with Gasteiger partial charge in [0.05, 0.1) is 11.7 Å². The van der Waals surface area contributed by atoms with Gasteiger partial charge in [0.25, 0.3) is 5.56 Å². The van der Waals surface area contributed by atoms with Crippen LogP contribution in [0, 0.1) is 0 Å². The highest BCUT2D eigenvalue weighted by atomic mass is 32.1. The van der Waals surface area contributed by atoms with Gasteiger partial charge in [-0.1, -0.05) is 36.8 Å². The predicted molar refractivity (Wildman–Crippen MR) is 112 cm³/mol. The number of nitrogens with zero attached hydrogens (tertiary/aromatic N) is 2. The maximum Gasteiger partial charge on any atom is 0.321 e. The van der Waals surface area contributed by atoms with Crippen molar-refractivity contribution in [2.45, 2.75) is 45.2 Å². The van der Waals surface area contributed by atoms with Crippen LogP contribution in [0.2, 0.25) is 0 Å². The van der Waals surface area contributed by atoms with Crippen molar-refractivity contribution in [1.82, 2.24) is 20.2 Å². The fourth-order valence-electron chi connectivity index (χ4n) is 3.61. The van der Waals surface area contributed by atoms with Crippen molar-refractivity contribution >= 4 is 33.5 Å². The van der Waals surface area contributed by atoms with Gasteiger partial charge in [-0.05, 0) is 36.8 Å². The van der Waals surface area contributed by atoms with Crippen molar-refractivity contribution in [2.24, 2.45) is 0 Å². The number of imide groups is 1. The molecule has 0 aliphatic heterocycles. The van der Waals surface area contributed by atoms with E-state index in [9.17, 15) is 14.4 Å². The molecule has 150 valence electrons. The largest absolute Gasteiger partial charge is 0.334 e. The Balaban J connectivity index is 1.44. The predicted octanol–water partition coefficient (Wildman–Crippen LogP) is 2.75. The number of aromatic nitrogens is 2. The number of amides is 3. The van der Waals surface area contributed by atoms with Crippen molar-refractivity contribution in [1.29, 1.82) is 0 Å².